The fraction of sp³-hybridized carbons (Fsp3) is 0.222. The summed E-state index contributed by atoms with van der Waals surface area (Å²) in [5.41, 5.74) is 5.71. The van der Waals surface area contributed by atoms with Crippen molar-refractivity contribution in [2.24, 2.45) is 0 Å². The molecule has 0 bridgehead atoms. The maximum absolute atomic E-state index is 14.8. The Morgan fingerprint density at radius 3 is 3.12 bits per heavy atom. The van der Waals surface area contributed by atoms with Gasteiger partial charge in [0.2, 0.25) is 0 Å². The number of hydrogen-bond acceptors (Lipinski definition) is 3. The van der Waals surface area contributed by atoms with E-state index in [0.29, 0.717) is 16.9 Å². The third-order valence-electron chi connectivity index (χ3n) is 4.77. The molecule has 0 saturated heterocycles. The molecule has 0 atom stereocenters. The van der Waals surface area contributed by atoms with E-state index >= 15 is 0 Å². The lowest BCUT2D eigenvalue weighted by Crippen LogP contribution is -2.02. The third kappa shape index (κ3) is 1.86. The molecule has 6 heteroatoms. The lowest BCUT2D eigenvalue weighted by Gasteiger charge is -2.09. The minimum Gasteiger partial charge on any atom is -0.359 e. The van der Waals surface area contributed by atoms with Crippen LogP contribution in [0.1, 0.15) is 23.2 Å². The molecule has 5 rings (SSSR count). The first kappa shape index (κ1) is 13.5. The van der Waals surface area contributed by atoms with Crippen LogP contribution in [-0.4, -0.2) is 19.6 Å². The summed E-state index contributed by atoms with van der Waals surface area (Å²) in [5, 5.41) is 8.05. The van der Waals surface area contributed by atoms with Crippen molar-refractivity contribution in [1.82, 2.24) is 19.6 Å². The number of benzene rings is 1. The Labute approximate surface area is 137 Å². The molecule has 3 aromatic heterocycles. The molecule has 1 aliphatic carbocycles. The second-order valence-electron chi connectivity index (χ2n) is 6.35. The molecule has 1 aromatic carbocycles. The summed E-state index contributed by atoms with van der Waals surface area (Å²) in [6.07, 6.45) is 6.80. The van der Waals surface area contributed by atoms with Crippen LogP contribution < -0.4 is 5.32 Å². The van der Waals surface area contributed by atoms with Gasteiger partial charge in [-0.2, -0.15) is 5.10 Å². The van der Waals surface area contributed by atoms with Gasteiger partial charge in [-0.1, -0.05) is 0 Å². The van der Waals surface area contributed by atoms with E-state index in [1.165, 1.54) is 17.5 Å². The van der Waals surface area contributed by atoms with Gasteiger partial charge in [0, 0.05) is 22.8 Å². The van der Waals surface area contributed by atoms with Crippen LogP contribution in [-0.2, 0) is 12.8 Å². The molecule has 5 nitrogen and oxygen atoms in total. The van der Waals surface area contributed by atoms with Crippen molar-refractivity contribution in [2.45, 2.75) is 26.2 Å². The zero-order valence-corrected chi connectivity index (χ0v) is 13.2. The minimum absolute atomic E-state index is 0.267. The van der Waals surface area contributed by atoms with Crippen LogP contribution in [0.2, 0.25) is 0 Å². The van der Waals surface area contributed by atoms with Crippen molar-refractivity contribution >= 4 is 27.9 Å². The van der Waals surface area contributed by atoms with Gasteiger partial charge in [-0.25, -0.2) is 13.9 Å². The summed E-state index contributed by atoms with van der Waals surface area (Å²) in [4.78, 5) is 7.51. The molecule has 120 valence electrons. The minimum atomic E-state index is -0.267. The highest BCUT2D eigenvalue weighted by molar-refractivity contribution is 5.87. The summed E-state index contributed by atoms with van der Waals surface area (Å²) in [5.74, 6) is 0.385. The number of nitrogens with zero attached hydrogens (tertiary/aromatic N) is 3. The molecule has 24 heavy (non-hydrogen) atoms. The average molecular weight is 321 g/mol. The third-order valence-corrected chi connectivity index (χ3v) is 4.77. The number of anilines is 2. The Balaban J connectivity index is 1.66. The quantitative estimate of drug-likeness (QED) is 0.589. The summed E-state index contributed by atoms with van der Waals surface area (Å²) in [6, 6.07) is 5.45. The molecule has 2 N–H and O–H groups in total. The van der Waals surface area contributed by atoms with E-state index in [9.17, 15) is 4.39 Å². The van der Waals surface area contributed by atoms with E-state index in [2.05, 4.69) is 26.6 Å². The van der Waals surface area contributed by atoms with Crippen molar-refractivity contribution in [2.75, 3.05) is 5.32 Å². The van der Waals surface area contributed by atoms with Gasteiger partial charge in [0.25, 0.3) is 0 Å². The molecule has 4 aromatic rings. The highest BCUT2D eigenvalue weighted by Gasteiger charge is 2.20. The maximum Gasteiger partial charge on any atom is 0.158 e. The predicted octanol–water partition coefficient (Wildman–Crippen LogP) is 3.89. The van der Waals surface area contributed by atoms with Crippen LogP contribution in [0.25, 0.3) is 16.4 Å². The van der Waals surface area contributed by atoms with Gasteiger partial charge >= 0.3 is 0 Å². The average Bonchev–Trinajstić information content (AvgIpc) is 3.23. The SMILES string of the molecule is Cc1cc2c(F)c(Nc3ncnn4cc5c(c34)CCC5)ccc2[nH]1. The maximum atomic E-state index is 14.8. The molecule has 1 aliphatic rings. The number of aromatic nitrogens is 4. The van der Waals surface area contributed by atoms with E-state index in [0.717, 1.165) is 36.0 Å². The van der Waals surface area contributed by atoms with Gasteiger partial charge in [0.05, 0.1) is 5.69 Å². The van der Waals surface area contributed by atoms with Crippen LogP contribution in [0.3, 0.4) is 0 Å². The van der Waals surface area contributed by atoms with Gasteiger partial charge in [-0.05, 0) is 55.5 Å². The van der Waals surface area contributed by atoms with Crippen molar-refractivity contribution in [3.63, 3.8) is 0 Å². The summed E-state index contributed by atoms with van der Waals surface area (Å²) >= 11 is 0. The van der Waals surface area contributed by atoms with E-state index in [1.54, 1.807) is 6.07 Å². The first-order valence-electron chi connectivity index (χ1n) is 8.09. The summed E-state index contributed by atoms with van der Waals surface area (Å²) in [7, 11) is 0. The Morgan fingerprint density at radius 2 is 2.21 bits per heavy atom. The van der Waals surface area contributed by atoms with Gasteiger partial charge in [-0.3, -0.25) is 0 Å². The van der Waals surface area contributed by atoms with Crippen molar-refractivity contribution in [3.05, 3.63) is 53.4 Å². The number of rotatable bonds is 2. The number of fused-ring (bicyclic) bond motifs is 4. The van der Waals surface area contributed by atoms with Crippen LogP contribution in [0.15, 0.2) is 30.7 Å². The second kappa shape index (κ2) is 4.80. The van der Waals surface area contributed by atoms with E-state index in [4.69, 9.17) is 0 Å². The van der Waals surface area contributed by atoms with Crippen LogP contribution >= 0.6 is 0 Å². The number of aromatic amines is 1. The molecular weight excluding hydrogens is 305 g/mol. The molecule has 0 amide bonds. The van der Waals surface area contributed by atoms with E-state index in [-0.39, 0.29) is 5.82 Å². The van der Waals surface area contributed by atoms with Gasteiger partial charge < -0.3 is 10.3 Å². The fourth-order valence-electron chi connectivity index (χ4n) is 3.70. The van der Waals surface area contributed by atoms with Crippen LogP contribution in [0.5, 0.6) is 0 Å². The summed E-state index contributed by atoms with van der Waals surface area (Å²) in [6.45, 7) is 1.92. The predicted molar refractivity (Wildman–Crippen MR) is 91.3 cm³/mol. The Bertz CT molecular complexity index is 1090. The van der Waals surface area contributed by atoms with Crippen molar-refractivity contribution in [3.8, 4) is 0 Å². The Kier molecular flexibility index (Phi) is 2.71. The molecule has 0 spiro atoms. The Hall–Kier alpha value is -2.89. The molecule has 0 unspecified atom stereocenters. The molecule has 0 saturated carbocycles. The normalized spacial score (nSPS) is 13.8. The molecule has 0 fully saturated rings. The molecule has 3 heterocycles. The van der Waals surface area contributed by atoms with E-state index in [1.807, 2.05) is 23.6 Å². The standard InChI is InChI=1S/C18H16FN5/c1-10-7-13-14(22-10)5-6-15(16(13)19)23-18-17-12-4-2-3-11(12)8-24(17)21-9-20-18/h5-9,22H,2-4H2,1H3,(H,20,21,23). The highest BCUT2D eigenvalue weighted by Crippen LogP contribution is 2.33. The van der Waals surface area contributed by atoms with Gasteiger partial charge in [0.15, 0.2) is 11.6 Å². The lowest BCUT2D eigenvalue weighted by atomic mass is 10.2. The number of nitrogens with one attached hydrogen (secondary N) is 2. The zero-order chi connectivity index (χ0) is 16.3. The van der Waals surface area contributed by atoms with Crippen LogP contribution in [0, 0.1) is 12.7 Å². The number of H-pyrrole nitrogens is 1. The number of halogens is 1. The highest BCUT2D eigenvalue weighted by atomic mass is 19.1. The zero-order valence-electron chi connectivity index (χ0n) is 13.2. The molecule has 0 radical (unpaired) electrons. The Morgan fingerprint density at radius 1 is 1.29 bits per heavy atom. The fourth-order valence-corrected chi connectivity index (χ4v) is 3.70. The van der Waals surface area contributed by atoms with Gasteiger partial charge in [0.1, 0.15) is 11.8 Å². The smallest absolute Gasteiger partial charge is 0.158 e. The largest absolute Gasteiger partial charge is 0.359 e. The first-order chi connectivity index (χ1) is 11.7. The molecule has 0 aliphatic heterocycles. The monoisotopic (exact) mass is 321 g/mol. The van der Waals surface area contributed by atoms with Crippen molar-refractivity contribution in [1.29, 1.82) is 0 Å². The lowest BCUT2D eigenvalue weighted by molar-refractivity contribution is 0.643. The van der Waals surface area contributed by atoms with Gasteiger partial charge in [-0.15, -0.1) is 0 Å². The topological polar surface area (TPSA) is 58.0 Å². The van der Waals surface area contributed by atoms with Crippen LogP contribution in [0.4, 0.5) is 15.9 Å². The van der Waals surface area contributed by atoms with Crippen molar-refractivity contribution < 1.29 is 4.39 Å². The molecular formula is C18H16FN5. The second-order valence-corrected chi connectivity index (χ2v) is 6.35. The summed E-state index contributed by atoms with van der Waals surface area (Å²) < 4.78 is 16.7. The number of aryl methyl sites for hydroxylation is 3. The first-order valence-corrected chi connectivity index (χ1v) is 8.09. The number of hydrogen-bond donors (Lipinski definition) is 2. The van der Waals surface area contributed by atoms with E-state index < -0.39 is 0 Å².